The first-order chi connectivity index (χ1) is 19.7. The molecule has 0 aliphatic rings. The van der Waals surface area contributed by atoms with Crippen LogP contribution in [0.15, 0.2) is 140 Å². The topological polar surface area (TPSA) is 17.0 Å². The van der Waals surface area contributed by atoms with Crippen LogP contribution in [-0.4, -0.2) is 4.57 Å². The van der Waals surface area contributed by atoms with Gasteiger partial charge in [0.15, 0.2) is 0 Å². The maximum atomic E-state index is 3.64. The molecular formula is C38H30N2. The van der Waals surface area contributed by atoms with Crippen LogP contribution < -0.4 is 5.32 Å². The molecule has 0 unspecified atom stereocenters. The standard InChI is InChI=1S/C38H30N2/c1-26-17-21-36(39-30-11-5-3-6-12-30)34(23-26)33-24-28(19-18-27(33)2)29-20-22-38-35(25-29)32-15-9-10-16-37(32)40(38)31-13-7-4-8-14-31/h3-25,39H,1-2H3. The summed E-state index contributed by atoms with van der Waals surface area (Å²) in [5, 5.41) is 6.18. The number of benzene rings is 6. The highest BCUT2D eigenvalue weighted by Crippen LogP contribution is 2.38. The maximum absolute atomic E-state index is 3.64. The minimum atomic E-state index is 1.08. The molecule has 0 aliphatic heterocycles. The van der Waals surface area contributed by atoms with E-state index in [0.717, 1.165) is 11.4 Å². The number of aryl methyl sites for hydroxylation is 2. The van der Waals surface area contributed by atoms with E-state index in [4.69, 9.17) is 0 Å². The molecule has 0 spiro atoms. The largest absolute Gasteiger partial charge is 0.355 e. The van der Waals surface area contributed by atoms with Crippen molar-refractivity contribution in [1.29, 1.82) is 0 Å². The molecule has 0 saturated carbocycles. The van der Waals surface area contributed by atoms with E-state index in [0.29, 0.717) is 0 Å². The minimum Gasteiger partial charge on any atom is -0.355 e. The molecule has 0 saturated heterocycles. The van der Waals surface area contributed by atoms with Crippen LogP contribution in [0.5, 0.6) is 0 Å². The summed E-state index contributed by atoms with van der Waals surface area (Å²) in [5.41, 5.74) is 13.2. The first-order valence-electron chi connectivity index (χ1n) is 13.8. The van der Waals surface area contributed by atoms with Gasteiger partial charge >= 0.3 is 0 Å². The van der Waals surface area contributed by atoms with Gasteiger partial charge in [-0.15, -0.1) is 0 Å². The first kappa shape index (κ1) is 24.0. The van der Waals surface area contributed by atoms with E-state index < -0.39 is 0 Å². The summed E-state index contributed by atoms with van der Waals surface area (Å²) < 4.78 is 2.36. The summed E-state index contributed by atoms with van der Waals surface area (Å²) in [7, 11) is 0. The van der Waals surface area contributed by atoms with Gasteiger partial charge in [-0.2, -0.15) is 0 Å². The molecule has 1 heterocycles. The quantitative estimate of drug-likeness (QED) is 0.242. The number of rotatable bonds is 5. The van der Waals surface area contributed by atoms with Gasteiger partial charge in [-0.3, -0.25) is 0 Å². The third-order valence-corrected chi connectivity index (χ3v) is 7.78. The molecular weight excluding hydrogens is 484 g/mol. The molecule has 2 nitrogen and oxygen atoms in total. The Morgan fingerprint density at radius 3 is 2.00 bits per heavy atom. The van der Waals surface area contributed by atoms with Gasteiger partial charge in [-0.1, -0.05) is 84.4 Å². The van der Waals surface area contributed by atoms with Crippen LogP contribution in [0.25, 0.3) is 49.7 Å². The normalized spacial score (nSPS) is 11.2. The van der Waals surface area contributed by atoms with Gasteiger partial charge in [0.2, 0.25) is 0 Å². The Labute approximate surface area is 235 Å². The van der Waals surface area contributed by atoms with Gasteiger partial charge in [0.1, 0.15) is 0 Å². The number of hydrogen-bond acceptors (Lipinski definition) is 1. The molecule has 0 amide bonds. The van der Waals surface area contributed by atoms with Crippen molar-refractivity contribution in [2.24, 2.45) is 0 Å². The van der Waals surface area contributed by atoms with Crippen molar-refractivity contribution in [1.82, 2.24) is 4.57 Å². The fraction of sp³-hybridized carbons (Fsp3) is 0.0526. The highest BCUT2D eigenvalue weighted by Gasteiger charge is 2.15. The SMILES string of the molecule is Cc1ccc(Nc2ccccc2)c(-c2cc(-c3ccc4c(c3)c3ccccc3n4-c3ccccc3)ccc2C)c1. The Hall–Kier alpha value is -5.08. The second-order valence-corrected chi connectivity index (χ2v) is 10.5. The van der Waals surface area contributed by atoms with Gasteiger partial charge in [-0.05, 0) is 96.8 Å². The molecule has 40 heavy (non-hydrogen) atoms. The molecule has 0 radical (unpaired) electrons. The van der Waals surface area contributed by atoms with Crippen molar-refractivity contribution in [3.8, 4) is 27.9 Å². The van der Waals surface area contributed by atoms with Crippen LogP contribution in [0.1, 0.15) is 11.1 Å². The van der Waals surface area contributed by atoms with E-state index >= 15 is 0 Å². The van der Waals surface area contributed by atoms with Crippen LogP contribution in [0.4, 0.5) is 11.4 Å². The Balaban J connectivity index is 1.37. The lowest BCUT2D eigenvalue weighted by atomic mass is 9.93. The van der Waals surface area contributed by atoms with Crippen molar-refractivity contribution in [3.05, 3.63) is 151 Å². The van der Waals surface area contributed by atoms with Crippen molar-refractivity contribution in [2.45, 2.75) is 13.8 Å². The average Bonchev–Trinajstić information content (AvgIpc) is 3.33. The predicted octanol–water partition coefficient (Wildman–Crippen LogP) is 10.5. The molecule has 0 aliphatic carbocycles. The van der Waals surface area contributed by atoms with Crippen molar-refractivity contribution in [3.63, 3.8) is 0 Å². The Kier molecular flexibility index (Phi) is 5.94. The lowest BCUT2D eigenvalue weighted by Gasteiger charge is -2.16. The highest BCUT2D eigenvalue weighted by atomic mass is 15.0. The number of fused-ring (bicyclic) bond motifs is 3. The maximum Gasteiger partial charge on any atom is 0.0541 e. The van der Waals surface area contributed by atoms with Crippen molar-refractivity contribution in [2.75, 3.05) is 5.32 Å². The second kappa shape index (κ2) is 9.91. The number of hydrogen-bond donors (Lipinski definition) is 1. The van der Waals surface area contributed by atoms with Crippen LogP contribution in [0, 0.1) is 13.8 Å². The number of aromatic nitrogens is 1. The van der Waals surface area contributed by atoms with Crippen LogP contribution in [0.2, 0.25) is 0 Å². The van der Waals surface area contributed by atoms with E-state index in [2.05, 4.69) is 157 Å². The number of nitrogens with zero attached hydrogens (tertiary/aromatic N) is 1. The van der Waals surface area contributed by atoms with Gasteiger partial charge in [0.05, 0.1) is 11.0 Å². The third kappa shape index (κ3) is 4.24. The van der Waals surface area contributed by atoms with Gasteiger partial charge < -0.3 is 9.88 Å². The first-order valence-corrected chi connectivity index (χ1v) is 13.8. The van der Waals surface area contributed by atoms with E-state index in [1.165, 1.54) is 60.9 Å². The van der Waals surface area contributed by atoms with Crippen LogP contribution in [0.3, 0.4) is 0 Å². The smallest absolute Gasteiger partial charge is 0.0541 e. The summed E-state index contributed by atoms with van der Waals surface area (Å²) in [6.07, 6.45) is 0. The summed E-state index contributed by atoms with van der Waals surface area (Å²) >= 11 is 0. The summed E-state index contributed by atoms with van der Waals surface area (Å²) in [6.45, 7) is 4.36. The molecule has 0 fully saturated rings. The van der Waals surface area contributed by atoms with E-state index in [9.17, 15) is 0 Å². The minimum absolute atomic E-state index is 1.08. The fourth-order valence-corrected chi connectivity index (χ4v) is 5.77. The number of anilines is 2. The highest BCUT2D eigenvalue weighted by molar-refractivity contribution is 6.10. The van der Waals surface area contributed by atoms with E-state index in [1.807, 2.05) is 6.07 Å². The lowest BCUT2D eigenvalue weighted by Crippen LogP contribution is -1.95. The molecule has 0 atom stereocenters. The summed E-state index contributed by atoms with van der Waals surface area (Å²) in [6, 6.07) is 50.1. The Morgan fingerprint density at radius 1 is 0.500 bits per heavy atom. The zero-order valence-corrected chi connectivity index (χ0v) is 22.7. The van der Waals surface area contributed by atoms with E-state index in [1.54, 1.807) is 0 Å². The molecule has 192 valence electrons. The molecule has 7 rings (SSSR count). The molecule has 0 bridgehead atoms. The lowest BCUT2D eigenvalue weighted by molar-refractivity contribution is 1.18. The predicted molar refractivity (Wildman–Crippen MR) is 171 cm³/mol. The molecule has 7 aromatic rings. The summed E-state index contributed by atoms with van der Waals surface area (Å²) in [5.74, 6) is 0. The van der Waals surface area contributed by atoms with Gasteiger partial charge in [0.25, 0.3) is 0 Å². The van der Waals surface area contributed by atoms with Crippen molar-refractivity contribution < 1.29 is 0 Å². The zero-order chi connectivity index (χ0) is 27.1. The molecule has 1 N–H and O–H groups in total. The average molecular weight is 515 g/mol. The second-order valence-electron chi connectivity index (χ2n) is 10.5. The number of para-hydroxylation sites is 3. The van der Waals surface area contributed by atoms with Crippen LogP contribution >= 0.6 is 0 Å². The van der Waals surface area contributed by atoms with Gasteiger partial charge in [0, 0.05) is 33.4 Å². The molecule has 1 aromatic heterocycles. The van der Waals surface area contributed by atoms with Gasteiger partial charge in [-0.25, -0.2) is 0 Å². The van der Waals surface area contributed by atoms with Crippen molar-refractivity contribution >= 4 is 33.2 Å². The third-order valence-electron chi connectivity index (χ3n) is 7.78. The number of nitrogens with one attached hydrogen (secondary N) is 1. The Bertz CT molecular complexity index is 1980. The molecule has 2 heteroatoms. The van der Waals surface area contributed by atoms with Crippen LogP contribution in [-0.2, 0) is 0 Å². The Morgan fingerprint density at radius 2 is 1.18 bits per heavy atom. The zero-order valence-electron chi connectivity index (χ0n) is 22.7. The summed E-state index contributed by atoms with van der Waals surface area (Å²) in [4.78, 5) is 0. The molecule has 6 aromatic carbocycles. The monoisotopic (exact) mass is 514 g/mol. The van der Waals surface area contributed by atoms with E-state index in [-0.39, 0.29) is 0 Å². The fourth-order valence-electron chi connectivity index (χ4n) is 5.77.